The fourth-order valence-electron chi connectivity index (χ4n) is 1.73. The number of fused-ring (bicyclic) bond motifs is 1. The van der Waals surface area contributed by atoms with Gasteiger partial charge in [-0.2, -0.15) is 0 Å². The van der Waals surface area contributed by atoms with Gasteiger partial charge in [0.15, 0.2) is 0 Å². The summed E-state index contributed by atoms with van der Waals surface area (Å²) in [5.41, 5.74) is 2.59. The monoisotopic (exact) mass is 191 g/mol. The Morgan fingerprint density at radius 3 is 3.07 bits per heavy atom. The third-order valence-corrected chi connectivity index (χ3v) is 2.51. The molecule has 0 saturated carbocycles. The Hall–Kier alpha value is -1.35. The van der Waals surface area contributed by atoms with E-state index in [9.17, 15) is 4.79 Å². The normalized spacial score (nSPS) is 15.6. The molecule has 0 saturated heterocycles. The van der Waals surface area contributed by atoms with Gasteiger partial charge in [0.1, 0.15) is 0 Å². The Bertz CT molecular complexity index is 360. The highest BCUT2D eigenvalue weighted by atomic mass is 16.3. The first kappa shape index (κ1) is 9.21. The van der Waals surface area contributed by atoms with Crippen LogP contribution in [0, 0.1) is 0 Å². The molecule has 2 N–H and O–H groups in total. The lowest BCUT2D eigenvalue weighted by Gasteiger charge is -2.05. The van der Waals surface area contributed by atoms with Crippen LogP contribution in [-0.2, 0) is 13.0 Å². The second kappa shape index (κ2) is 3.80. The van der Waals surface area contributed by atoms with E-state index in [1.54, 1.807) is 6.07 Å². The molecule has 2 rings (SSSR count). The van der Waals surface area contributed by atoms with E-state index in [0.717, 1.165) is 30.5 Å². The van der Waals surface area contributed by atoms with E-state index in [4.69, 9.17) is 5.11 Å². The van der Waals surface area contributed by atoms with Crippen molar-refractivity contribution in [2.24, 2.45) is 0 Å². The molecule has 1 aliphatic rings. The van der Waals surface area contributed by atoms with Gasteiger partial charge in [0.05, 0.1) is 6.61 Å². The van der Waals surface area contributed by atoms with Crippen LogP contribution in [-0.4, -0.2) is 17.6 Å². The van der Waals surface area contributed by atoms with E-state index < -0.39 is 0 Å². The highest BCUT2D eigenvalue weighted by Crippen LogP contribution is 2.16. The fourth-order valence-corrected chi connectivity index (χ4v) is 1.73. The highest BCUT2D eigenvalue weighted by Gasteiger charge is 2.14. The molecule has 1 heterocycles. The number of benzene rings is 1. The lowest BCUT2D eigenvalue weighted by atomic mass is 10.0. The number of hydrogen-bond acceptors (Lipinski definition) is 2. The van der Waals surface area contributed by atoms with E-state index >= 15 is 0 Å². The van der Waals surface area contributed by atoms with Gasteiger partial charge in [-0.15, -0.1) is 0 Å². The summed E-state index contributed by atoms with van der Waals surface area (Å²) in [6, 6.07) is 5.58. The van der Waals surface area contributed by atoms with E-state index in [-0.39, 0.29) is 12.5 Å². The maximum absolute atomic E-state index is 11.6. The minimum atomic E-state index is -0.0206. The number of nitrogens with one attached hydrogen (secondary N) is 1. The summed E-state index contributed by atoms with van der Waals surface area (Å²) < 4.78 is 0. The molecule has 0 atom stereocenters. The first-order valence-corrected chi connectivity index (χ1v) is 4.82. The molecule has 74 valence electrons. The van der Waals surface area contributed by atoms with Crippen molar-refractivity contribution in [1.82, 2.24) is 5.32 Å². The van der Waals surface area contributed by atoms with Crippen LogP contribution in [0.15, 0.2) is 18.2 Å². The second-order valence-corrected chi connectivity index (χ2v) is 3.51. The molecule has 3 heteroatoms. The van der Waals surface area contributed by atoms with Crippen LogP contribution >= 0.6 is 0 Å². The average Bonchev–Trinajstić information content (AvgIpc) is 2.40. The van der Waals surface area contributed by atoms with Crippen LogP contribution in [0.2, 0.25) is 0 Å². The molecule has 14 heavy (non-hydrogen) atoms. The number of carbonyl (C=O) groups excluding carboxylic acids is 1. The predicted molar refractivity (Wildman–Crippen MR) is 53.0 cm³/mol. The van der Waals surface area contributed by atoms with Crippen molar-refractivity contribution in [2.75, 3.05) is 6.54 Å². The van der Waals surface area contributed by atoms with Gasteiger partial charge in [0, 0.05) is 12.1 Å². The minimum Gasteiger partial charge on any atom is -0.392 e. The lowest BCUT2D eigenvalue weighted by Crippen LogP contribution is -2.22. The van der Waals surface area contributed by atoms with E-state index in [0.29, 0.717) is 5.56 Å². The molecule has 1 aromatic carbocycles. The van der Waals surface area contributed by atoms with Crippen molar-refractivity contribution in [3.63, 3.8) is 0 Å². The minimum absolute atomic E-state index is 0.0133. The quantitative estimate of drug-likeness (QED) is 0.691. The molecule has 0 fully saturated rings. The van der Waals surface area contributed by atoms with Gasteiger partial charge in [-0.3, -0.25) is 4.79 Å². The summed E-state index contributed by atoms with van der Waals surface area (Å²) in [6.07, 6.45) is 1.91. The van der Waals surface area contributed by atoms with Crippen molar-refractivity contribution in [2.45, 2.75) is 19.4 Å². The number of hydrogen-bond donors (Lipinski definition) is 2. The zero-order valence-electron chi connectivity index (χ0n) is 7.92. The summed E-state index contributed by atoms with van der Waals surface area (Å²) in [5, 5.41) is 11.8. The van der Waals surface area contributed by atoms with Gasteiger partial charge in [-0.1, -0.05) is 12.1 Å². The van der Waals surface area contributed by atoms with Crippen molar-refractivity contribution < 1.29 is 9.90 Å². The maximum atomic E-state index is 11.6. The molecule has 0 aliphatic carbocycles. The molecule has 1 aliphatic heterocycles. The van der Waals surface area contributed by atoms with Crippen LogP contribution in [0.1, 0.15) is 27.9 Å². The molecule has 1 amide bonds. The third-order valence-electron chi connectivity index (χ3n) is 2.51. The van der Waals surface area contributed by atoms with Gasteiger partial charge in [-0.05, 0) is 30.0 Å². The van der Waals surface area contributed by atoms with Crippen LogP contribution in [0.4, 0.5) is 0 Å². The number of aliphatic hydroxyl groups excluding tert-OH is 1. The Balaban J connectivity index is 2.44. The smallest absolute Gasteiger partial charge is 0.251 e. The average molecular weight is 191 g/mol. The van der Waals surface area contributed by atoms with E-state index in [1.165, 1.54) is 0 Å². The Morgan fingerprint density at radius 2 is 2.29 bits per heavy atom. The van der Waals surface area contributed by atoms with E-state index in [2.05, 4.69) is 5.32 Å². The molecule has 0 unspecified atom stereocenters. The Morgan fingerprint density at radius 1 is 1.43 bits per heavy atom. The number of carbonyl (C=O) groups is 1. The fraction of sp³-hybridized carbons (Fsp3) is 0.364. The molecule has 0 bridgehead atoms. The number of rotatable bonds is 1. The zero-order valence-corrected chi connectivity index (χ0v) is 7.92. The highest BCUT2D eigenvalue weighted by molar-refractivity contribution is 5.96. The first-order chi connectivity index (χ1) is 6.81. The SMILES string of the molecule is O=C1NCCCc2ccc(CO)cc21. The molecule has 3 nitrogen and oxygen atoms in total. The van der Waals surface area contributed by atoms with Crippen molar-refractivity contribution in [3.05, 3.63) is 34.9 Å². The Kier molecular flexibility index (Phi) is 2.50. The topological polar surface area (TPSA) is 49.3 Å². The molecule has 0 aromatic heterocycles. The van der Waals surface area contributed by atoms with Crippen LogP contribution < -0.4 is 5.32 Å². The summed E-state index contributed by atoms with van der Waals surface area (Å²) in [5.74, 6) is -0.0206. The number of aryl methyl sites for hydroxylation is 1. The Labute approximate surface area is 82.8 Å². The van der Waals surface area contributed by atoms with Gasteiger partial charge in [0.2, 0.25) is 0 Å². The lowest BCUT2D eigenvalue weighted by molar-refractivity contribution is 0.0956. The molecule has 1 aromatic rings. The molecule has 0 spiro atoms. The second-order valence-electron chi connectivity index (χ2n) is 3.51. The molecule has 0 radical (unpaired) electrons. The van der Waals surface area contributed by atoms with Gasteiger partial charge < -0.3 is 10.4 Å². The molecular formula is C11H13NO2. The summed E-state index contributed by atoms with van der Waals surface area (Å²) in [4.78, 5) is 11.6. The molecular weight excluding hydrogens is 178 g/mol. The zero-order chi connectivity index (χ0) is 9.97. The summed E-state index contributed by atoms with van der Waals surface area (Å²) in [7, 11) is 0. The van der Waals surface area contributed by atoms with E-state index in [1.807, 2.05) is 12.1 Å². The van der Waals surface area contributed by atoms with Crippen LogP contribution in [0.5, 0.6) is 0 Å². The van der Waals surface area contributed by atoms with Gasteiger partial charge in [0.25, 0.3) is 5.91 Å². The van der Waals surface area contributed by atoms with Crippen LogP contribution in [0.3, 0.4) is 0 Å². The van der Waals surface area contributed by atoms with Crippen LogP contribution in [0.25, 0.3) is 0 Å². The standard InChI is InChI=1S/C11H13NO2/c13-7-8-3-4-9-2-1-5-12-11(14)10(9)6-8/h3-4,6,13H,1-2,5,7H2,(H,12,14). The van der Waals surface area contributed by atoms with Gasteiger partial charge >= 0.3 is 0 Å². The largest absolute Gasteiger partial charge is 0.392 e. The van der Waals surface area contributed by atoms with Crippen molar-refractivity contribution >= 4 is 5.91 Å². The van der Waals surface area contributed by atoms with Crippen molar-refractivity contribution in [3.8, 4) is 0 Å². The third kappa shape index (κ3) is 1.63. The predicted octanol–water partition coefficient (Wildman–Crippen LogP) is 0.855. The van der Waals surface area contributed by atoms with Gasteiger partial charge in [-0.25, -0.2) is 0 Å². The number of aliphatic hydroxyl groups is 1. The summed E-state index contributed by atoms with van der Waals surface area (Å²) in [6.45, 7) is 0.725. The first-order valence-electron chi connectivity index (χ1n) is 4.82. The van der Waals surface area contributed by atoms with Crippen molar-refractivity contribution in [1.29, 1.82) is 0 Å². The number of amides is 1. The summed E-state index contributed by atoms with van der Waals surface area (Å²) >= 11 is 0. The maximum Gasteiger partial charge on any atom is 0.251 e.